The molecule has 0 aliphatic rings. The molecule has 3 aromatic carbocycles. The predicted octanol–water partition coefficient (Wildman–Crippen LogP) is 8.94. The van der Waals surface area contributed by atoms with E-state index in [0.29, 0.717) is 0 Å². The third kappa shape index (κ3) is 7.73. The first-order chi connectivity index (χ1) is 17.0. The Kier molecular flexibility index (Phi) is 9.47. The largest absolute Gasteiger partial charge is 0.115 e. The maximum atomic E-state index is 5.55. The number of rotatable bonds is 9. The van der Waals surface area contributed by atoms with Crippen LogP contribution in [0.1, 0.15) is 47.2 Å². The summed E-state index contributed by atoms with van der Waals surface area (Å²) < 4.78 is 0. The first-order valence-corrected chi connectivity index (χ1v) is 12.0. The second kappa shape index (κ2) is 13.0. The van der Waals surface area contributed by atoms with Crippen LogP contribution in [-0.2, 0) is 12.8 Å². The Balaban J connectivity index is 1.86. The minimum atomic E-state index is 0.882. The van der Waals surface area contributed by atoms with Gasteiger partial charge in [-0.15, -0.1) is 6.42 Å². The van der Waals surface area contributed by atoms with Gasteiger partial charge in [0.1, 0.15) is 0 Å². The molecule has 0 amide bonds. The van der Waals surface area contributed by atoms with E-state index in [1.165, 1.54) is 39.0 Å². The molecule has 0 spiro atoms. The van der Waals surface area contributed by atoms with Gasteiger partial charge in [0.2, 0.25) is 0 Å². The van der Waals surface area contributed by atoms with Gasteiger partial charge in [-0.25, -0.2) is 0 Å². The van der Waals surface area contributed by atoms with Crippen LogP contribution in [0.3, 0.4) is 0 Å². The maximum Gasteiger partial charge on any atom is -0.00196 e. The summed E-state index contributed by atoms with van der Waals surface area (Å²) in [6, 6.07) is 26.1. The Morgan fingerprint density at radius 1 is 0.943 bits per heavy atom. The quantitative estimate of drug-likeness (QED) is 0.224. The Morgan fingerprint density at radius 2 is 1.66 bits per heavy atom. The summed E-state index contributed by atoms with van der Waals surface area (Å²) in [5, 5.41) is 0. The maximum absolute atomic E-state index is 5.55. The van der Waals surface area contributed by atoms with Crippen molar-refractivity contribution < 1.29 is 0 Å². The lowest BCUT2D eigenvalue weighted by Crippen LogP contribution is -1.95. The molecule has 0 fully saturated rings. The van der Waals surface area contributed by atoms with E-state index in [9.17, 15) is 0 Å². The average Bonchev–Trinajstić information content (AvgIpc) is 2.86. The van der Waals surface area contributed by atoms with Gasteiger partial charge in [-0.05, 0) is 84.2 Å². The second-order valence-corrected chi connectivity index (χ2v) is 8.85. The highest BCUT2D eigenvalue weighted by atomic mass is 14.1. The molecule has 35 heavy (non-hydrogen) atoms. The molecule has 3 rings (SSSR count). The molecule has 0 aliphatic carbocycles. The molecule has 0 heterocycles. The highest BCUT2D eigenvalue weighted by Crippen LogP contribution is 2.23. The van der Waals surface area contributed by atoms with Gasteiger partial charge in [-0.3, -0.25) is 0 Å². The van der Waals surface area contributed by atoms with E-state index in [4.69, 9.17) is 6.42 Å². The van der Waals surface area contributed by atoms with Gasteiger partial charge in [-0.1, -0.05) is 121 Å². The smallest absolute Gasteiger partial charge is 0.00196 e. The molecule has 0 aromatic heterocycles. The summed E-state index contributed by atoms with van der Waals surface area (Å²) in [6.07, 6.45) is 19.4. The zero-order valence-corrected chi connectivity index (χ0v) is 21.1. The molecule has 0 radical (unpaired) electrons. The van der Waals surface area contributed by atoms with Crippen molar-refractivity contribution >= 4 is 11.6 Å². The Hall–Kier alpha value is -4.08. The van der Waals surface area contributed by atoms with Crippen molar-refractivity contribution in [3.63, 3.8) is 0 Å². The lowest BCUT2D eigenvalue weighted by Gasteiger charge is -2.11. The molecule has 0 bridgehead atoms. The minimum absolute atomic E-state index is 0.882. The number of terminal acetylenes is 1. The van der Waals surface area contributed by atoms with Crippen molar-refractivity contribution in [1.29, 1.82) is 0 Å². The first-order valence-electron chi connectivity index (χ1n) is 12.0. The standard InChI is InChI=1S/C35H34/c1-6-8-15-32(14-7-2)29(5)24-34-18-12-13-19-35(34)26-31-23-27(3)22-30(25-31)21-20-28(4)33-16-10-9-11-17-33/h2,6,8-20,22-25H,1,21,26H2,3-5H3/b15-8-,28-20+,29-24+,32-14+. The summed E-state index contributed by atoms with van der Waals surface area (Å²) >= 11 is 0. The van der Waals surface area contributed by atoms with E-state index >= 15 is 0 Å². The molecule has 0 unspecified atom stereocenters. The van der Waals surface area contributed by atoms with Crippen LogP contribution in [0.4, 0.5) is 0 Å². The van der Waals surface area contributed by atoms with Crippen molar-refractivity contribution in [2.75, 3.05) is 0 Å². The van der Waals surface area contributed by atoms with Crippen LogP contribution in [-0.4, -0.2) is 0 Å². The normalized spacial score (nSPS) is 12.6. The molecule has 3 aromatic rings. The molecule has 0 nitrogen and oxygen atoms in total. The van der Waals surface area contributed by atoms with Gasteiger partial charge in [0.25, 0.3) is 0 Å². The zero-order valence-electron chi connectivity index (χ0n) is 21.1. The summed E-state index contributed by atoms with van der Waals surface area (Å²) in [5.41, 5.74) is 11.2. The topological polar surface area (TPSA) is 0 Å². The number of hydrogen-bond acceptors (Lipinski definition) is 0. The van der Waals surface area contributed by atoms with Crippen LogP contribution in [0.25, 0.3) is 11.6 Å². The molecular weight excluding hydrogens is 420 g/mol. The fourth-order valence-electron chi connectivity index (χ4n) is 4.19. The van der Waals surface area contributed by atoms with Gasteiger partial charge < -0.3 is 0 Å². The van der Waals surface area contributed by atoms with Crippen molar-refractivity contribution in [3.05, 3.63) is 154 Å². The summed E-state index contributed by atoms with van der Waals surface area (Å²) in [7, 11) is 0. The Bertz CT molecular complexity index is 1320. The predicted molar refractivity (Wildman–Crippen MR) is 154 cm³/mol. The van der Waals surface area contributed by atoms with Crippen LogP contribution in [0.2, 0.25) is 0 Å². The fraction of sp³-hybridized carbons (Fsp3) is 0.143. The lowest BCUT2D eigenvalue weighted by molar-refractivity contribution is 1.14. The summed E-state index contributed by atoms with van der Waals surface area (Å²) in [5.74, 6) is 2.65. The van der Waals surface area contributed by atoms with E-state index in [1.807, 2.05) is 12.2 Å². The van der Waals surface area contributed by atoms with Crippen LogP contribution >= 0.6 is 0 Å². The molecule has 174 valence electrons. The third-order valence-corrected chi connectivity index (χ3v) is 6.00. The molecule has 0 N–H and O–H groups in total. The number of aryl methyl sites for hydroxylation is 1. The number of benzene rings is 3. The van der Waals surface area contributed by atoms with E-state index < -0.39 is 0 Å². The first kappa shape index (κ1) is 25.5. The highest BCUT2D eigenvalue weighted by molar-refractivity contribution is 5.65. The van der Waals surface area contributed by atoms with Crippen LogP contribution in [0.15, 0.2) is 121 Å². The molecular formula is C35H34. The minimum Gasteiger partial charge on any atom is -0.115 e. The molecule has 0 saturated heterocycles. The number of allylic oxidation sites excluding steroid dienone is 8. The monoisotopic (exact) mass is 454 g/mol. The van der Waals surface area contributed by atoms with Gasteiger partial charge in [0.15, 0.2) is 0 Å². The van der Waals surface area contributed by atoms with Gasteiger partial charge in [0, 0.05) is 0 Å². The van der Waals surface area contributed by atoms with Gasteiger partial charge >= 0.3 is 0 Å². The van der Waals surface area contributed by atoms with Gasteiger partial charge in [0.05, 0.1) is 0 Å². The van der Waals surface area contributed by atoms with E-state index in [1.54, 1.807) is 12.2 Å². The molecule has 0 heteroatoms. The Labute approximate surface area is 211 Å². The molecule has 0 aliphatic heterocycles. The fourth-order valence-corrected chi connectivity index (χ4v) is 4.19. The summed E-state index contributed by atoms with van der Waals surface area (Å²) in [6.45, 7) is 10.2. The van der Waals surface area contributed by atoms with Crippen molar-refractivity contribution in [2.24, 2.45) is 0 Å². The SMILES string of the molecule is C#C/C=C(\C=C/C=C)C(/C)=C/c1ccccc1Cc1cc(C)cc(C/C=C(\C)c2ccccc2)c1. The van der Waals surface area contributed by atoms with E-state index in [0.717, 1.165) is 24.0 Å². The highest BCUT2D eigenvalue weighted by Gasteiger charge is 2.06. The third-order valence-electron chi connectivity index (χ3n) is 6.00. The lowest BCUT2D eigenvalue weighted by atomic mass is 9.94. The van der Waals surface area contributed by atoms with E-state index in [2.05, 4.69) is 118 Å². The van der Waals surface area contributed by atoms with Crippen molar-refractivity contribution in [2.45, 2.75) is 33.6 Å². The summed E-state index contributed by atoms with van der Waals surface area (Å²) in [4.78, 5) is 0. The Morgan fingerprint density at radius 3 is 2.40 bits per heavy atom. The van der Waals surface area contributed by atoms with Crippen LogP contribution in [0, 0.1) is 19.3 Å². The van der Waals surface area contributed by atoms with Gasteiger partial charge in [-0.2, -0.15) is 0 Å². The van der Waals surface area contributed by atoms with Crippen LogP contribution in [0.5, 0.6) is 0 Å². The number of hydrogen-bond donors (Lipinski definition) is 0. The van der Waals surface area contributed by atoms with Crippen molar-refractivity contribution in [3.8, 4) is 12.3 Å². The van der Waals surface area contributed by atoms with E-state index in [-0.39, 0.29) is 0 Å². The zero-order chi connectivity index (χ0) is 25.0. The molecule has 0 saturated carbocycles. The van der Waals surface area contributed by atoms with Crippen molar-refractivity contribution in [1.82, 2.24) is 0 Å². The second-order valence-electron chi connectivity index (χ2n) is 8.85. The average molecular weight is 455 g/mol. The van der Waals surface area contributed by atoms with Crippen LogP contribution < -0.4 is 0 Å². The molecule has 0 atom stereocenters.